The van der Waals surface area contributed by atoms with Gasteiger partial charge in [-0.3, -0.25) is 10.1 Å². The Balaban J connectivity index is -0.000000101. The smallest absolute Gasteiger partial charge is 0.358 e. The van der Waals surface area contributed by atoms with E-state index in [0.29, 0.717) is 0 Å². The zero-order valence-corrected chi connectivity index (χ0v) is 11.2. The van der Waals surface area contributed by atoms with Gasteiger partial charge in [-0.05, 0) is 0 Å². The average Bonchev–Trinajstić information content (AvgIpc) is 1.90. The second-order valence-corrected chi connectivity index (χ2v) is 1.52. The molecule has 3 nitrogen and oxygen atoms in total. The van der Waals surface area contributed by atoms with Gasteiger partial charge in [-0.15, -0.1) is 0 Å². The van der Waals surface area contributed by atoms with Crippen molar-refractivity contribution in [3.63, 3.8) is 0 Å². The van der Waals surface area contributed by atoms with Gasteiger partial charge in [0.25, 0.3) is 0 Å². The van der Waals surface area contributed by atoms with Crippen LogP contribution in [0, 0.1) is 31.0 Å². The molecule has 0 aliphatic rings. The fourth-order valence-corrected chi connectivity index (χ4v) is 0.500. The Morgan fingerprint density at radius 2 is 1.62 bits per heavy atom. The van der Waals surface area contributed by atoms with Crippen molar-refractivity contribution >= 4 is 5.69 Å². The van der Waals surface area contributed by atoms with Crippen molar-refractivity contribution in [2.24, 2.45) is 0 Å². The topological polar surface area (TPSA) is 43.1 Å². The Hall–Kier alpha value is -0.159. The van der Waals surface area contributed by atoms with E-state index in [9.17, 15) is 10.1 Å². The van der Waals surface area contributed by atoms with Crippen molar-refractivity contribution in [3.8, 4) is 0 Å². The second-order valence-electron chi connectivity index (χ2n) is 1.52. The number of non-ortho nitro benzene ring substituents is 1. The number of nitro benzene ring substituents is 1. The second kappa shape index (κ2) is 11.8. The molecule has 0 aliphatic heterocycles. The van der Waals surface area contributed by atoms with E-state index in [4.69, 9.17) is 0 Å². The Morgan fingerprint density at radius 3 is 1.85 bits per heavy atom. The molecule has 0 unspecified atom stereocenters. The maximum absolute atomic E-state index is 9.99. The molecule has 0 heterocycles. The molecule has 0 aromatic heterocycles. The van der Waals surface area contributed by atoms with Gasteiger partial charge < -0.3 is 14.9 Å². The fourth-order valence-electron chi connectivity index (χ4n) is 0.500. The molecule has 0 amide bonds. The summed E-state index contributed by atoms with van der Waals surface area (Å²) in [5, 5.41) is 9.99. The number of hydrogen-bond donors (Lipinski definition) is 0. The number of nitro groups is 1. The SMILES string of the molecule is O=[N+]([O-])c1cc[c-]cc1.[CH3-].[CH3-].[Li+].[Zn+2]. The molecule has 62 valence electrons. The molecular formula is C8H10LiNO2Zn. The van der Waals surface area contributed by atoms with Crippen LogP contribution in [-0.4, -0.2) is 4.92 Å². The molecule has 0 radical (unpaired) electrons. The molecule has 0 fully saturated rings. The molecule has 5 heteroatoms. The van der Waals surface area contributed by atoms with Crippen LogP contribution in [0.15, 0.2) is 24.3 Å². The van der Waals surface area contributed by atoms with E-state index < -0.39 is 4.92 Å². The zero-order chi connectivity index (χ0) is 6.69. The first-order valence-electron chi connectivity index (χ1n) is 2.41. The molecule has 0 aliphatic carbocycles. The Labute approximate surface area is 104 Å². The molecular weight excluding hydrogens is 214 g/mol. The van der Waals surface area contributed by atoms with Gasteiger partial charge in [0.15, 0.2) is 5.69 Å². The molecule has 0 saturated carbocycles. The summed E-state index contributed by atoms with van der Waals surface area (Å²) >= 11 is 0. The molecule has 13 heavy (non-hydrogen) atoms. The van der Waals surface area contributed by atoms with E-state index in [1.165, 1.54) is 24.3 Å². The Bertz CT molecular complexity index is 219. The van der Waals surface area contributed by atoms with E-state index in [1.807, 2.05) is 0 Å². The first-order valence-corrected chi connectivity index (χ1v) is 2.41. The maximum Gasteiger partial charge on any atom is 2.00 e. The fraction of sp³-hybridized carbons (Fsp3) is 0. The summed E-state index contributed by atoms with van der Waals surface area (Å²) in [4.78, 5) is 9.56. The standard InChI is InChI=1S/C6H4NO2.2CH3.Li.Zn/c8-7(9)6-4-2-1-3-5-6;;;;/h2-5H;2*1H3;;/q3*-1;+1;+2. The van der Waals surface area contributed by atoms with Crippen LogP contribution in [0.1, 0.15) is 0 Å². The quantitative estimate of drug-likeness (QED) is 0.274. The maximum atomic E-state index is 9.99. The van der Waals surface area contributed by atoms with E-state index in [1.54, 1.807) is 0 Å². The Kier molecular flexibility index (Phi) is 21.0. The largest absolute Gasteiger partial charge is 2.00 e. The summed E-state index contributed by atoms with van der Waals surface area (Å²) in [5.74, 6) is 0. The summed E-state index contributed by atoms with van der Waals surface area (Å²) in [5.41, 5.74) is 0.105. The molecule has 1 rings (SSSR count). The molecule has 0 spiro atoms. The van der Waals surface area contributed by atoms with Crippen LogP contribution in [-0.2, 0) is 19.5 Å². The molecule has 1 aromatic rings. The van der Waals surface area contributed by atoms with Gasteiger partial charge >= 0.3 is 38.3 Å². The van der Waals surface area contributed by atoms with Crippen LogP contribution in [0.5, 0.6) is 0 Å². The van der Waals surface area contributed by atoms with E-state index in [-0.39, 0.29) is 58.9 Å². The van der Waals surface area contributed by atoms with Crippen molar-refractivity contribution in [3.05, 3.63) is 55.3 Å². The summed E-state index contributed by atoms with van der Waals surface area (Å²) in [6.07, 6.45) is 0. The molecule has 0 atom stereocenters. The van der Waals surface area contributed by atoms with Gasteiger partial charge in [0, 0.05) is 4.92 Å². The van der Waals surface area contributed by atoms with Gasteiger partial charge in [0.1, 0.15) is 0 Å². The summed E-state index contributed by atoms with van der Waals surface area (Å²) in [6, 6.07) is 8.51. The van der Waals surface area contributed by atoms with Crippen LogP contribution in [0.25, 0.3) is 0 Å². The molecule has 0 bridgehead atoms. The van der Waals surface area contributed by atoms with E-state index >= 15 is 0 Å². The van der Waals surface area contributed by atoms with E-state index in [2.05, 4.69) is 6.07 Å². The van der Waals surface area contributed by atoms with Crippen molar-refractivity contribution in [2.75, 3.05) is 0 Å². The number of nitrogens with zero attached hydrogens (tertiary/aromatic N) is 1. The first-order chi connectivity index (χ1) is 4.30. The number of benzene rings is 1. The zero-order valence-electron chi connectivity index (χ0n) is 8.28. The first kappa shape index (κ1) is 23.0. The normalized spacial score (nSPS) is 6.15. The predicted octanol–water partition coefficient (Wildman–Crippen LogP) is -0.703. The predicted molar refractivity (Wildman–Crippen MR) is 44.8 cm³/mol. The van der Waals surface area contributed by atoms with Crippen molar-refractivity contribution in [1.29, 1.82) is 0 Å². The van der Waals surface area contributed by atoms with Gasteiger partial charge in [-0.2, -0.15) is 18.2 Å². The van der Waals surface area contributed by atoms with Gasteiger partial charge in [0.05, 0.1) is 0 Å². The van der Waals surface area contributed by atoms with Crippen LogP contribution in [0.3, 0.4) is 0 Å². The molecule has 0 saturated heterocycles. The van der Waals surface area contributed by atoms with Crippen LogP contribution >= 0.6 is 0 Å². The van der Waals surface area contributed by atoms with Crippen molar-refractivity contribution in [1.82, 2.24) is 0 Å². The van der Waals surface area contributed by atoms with Crippen LogP contribution < -0.4 is 18.9 Å². The van der Waals surface area contributed by atoms with Crippen molar-refractivity contribution in [2.45, 2.75) is 0 Å². The summed E-state index contributed by atoms with van der Waals surface area (Å²) in [6.45, 7) is 0. The third-order valence-corrected chi connectivity index (χ3v) is 0.911. The van der Waals surface area contributed by atoms with Gasteiger partial charge in [0.2, 0.25) is 0 Å². The minimum Gasteiger partial charge on any atom is -0.358 e. The Morgan fingerprint density at radius 1 is 1.23 bits per heavy atom. The third-order valence-electron chi connectivity index (χ3n) is 0.911. The van der Waals surface area contributed by atoms with Gasteiger partial charge in [-0.25, -0.2) is 0 Å². The monoisotopic (exact) mass is 223 g/mol. The van der Waals surface area contributed by atoms with E-state index in [0.717, 1.165) is 0 Å². The average molecular weight is 225 g/mol. The number of rotatable bonds is 1. The van der Waals surface area contributed by atoms with Crippen LogP contribution in [0.2, 0.25) is 0 Å². The van der Waals surface area contributed by atoms with Crippen LogP contribution in [0.4, 0.5) is 5.69 Å². The molecule has 1 aromatic carbocycles. The van der Waals surface area contributed by atoms with Gasteiger partial charge in [-0.1, -0.05) is 12.1 Å². The summed E-state index contributed by atoms with van der Waals surface area (Å²) in [7, 11) is 0. The summed E-state index contributed by atoms with van der Waals surface area (Å²) < 4.78 is 0. The molecule has 0 N–H and O–H groups in total. The number of hydrogen-bond acceptors (Lipinski definition) is 2. The van der Waals surface area contributed by atoms with Crippen molar-refractivity contribution < 1.29 is 43.3 Å². The minimum atomic E-state index is -0.437. The minimum absolute atomic E-state index is 0. The third kappa shape index (κ3) is 8.18.